The Morgan fingerprint density at radius 3 is 2.60 bits per heavy atom. The first-order valence-corrected chi connectivity index (χ1v) is 9.35. The first-order valence-electron chi connectivity index (χ1n) is 7.86. The number of amides is 1. The fourth-order valence-electron chi connectivity index (χ4n) is 2.84. The summed E-state index contributed by atoms with van der Waals surface area (Å²) < 4.78 is 38.6. The molecule has 0 atom stereocenters. The summed E-state index contributed by atoms with van der Waals surface area (Å²) in [5.74, 6) is 0.868. The fourth-order valence-corrected chi connectivity index (χ4v) is 3.90. The van der Waals surface area contributed by atoms with Crippen LogP contribution in [0, 0.1) is 0 Å². The fraction of sp³-hybridized carbons (Fsp3) is 0.235. The average molecular weight is 360 g/mol. The van der Waals surface area contributed by atoms with Gasteiger partial charge in [-0.3, -0.25) is 9.52 Å². The van der Waals surface area contributed by atoms with Crippen molar-refractivity contribution in [3.05, 3.63) is 42.0 Å². The molecule has 2 N–H and O–H groups in total. The van der Waals surface area contributed by atoms with Gasteiger partial charge in [-0.2, -0.15) is 0 Å². The molecule has 2 aromatic carbocycles. The Bertz CT molecular complexity index is 956. The molecule has 4 rings (SSSR count). The number of anilines is 2. The summed E-state index contributed by atoms with van der Waals surface area (Å²) in [7, 11) is -3.79. The Hall–Kier alpha value is -2.74. The molecule has 1 amide bonds. The summed E-state index contributed by atoms with van der Waals surface area (Å²) in [6.07, 6.45) is 1.09. The molecule has 0 radical (unpaired) electrons. The number of hydrogen-bond donors (Lipinski definition) is 2. The van der Waals surface area contributed by atoms with Crippen molar-refractivity contribution in [3.8, 4) is 11.5 Å². The van der Waals surface area contributed by atoms with E-state index in [0.717, 1.165) is 5.56 Å². The van der Waals surface area contributed by atoms with Gasteiger partial charge in [0.15, 0.2) is 11.5 Å². The maximum atomic E-state index is 12.6. The van der Waals surface area contributed by atoms with Crippen LogP contribution in [0.1, 0.15) is 12.0 Å². The molecule has 7 nitrogen and oxygen atoms in total. The van der Waals surface area contributed by atoms with Crippen LogP contribution in [0.3, 0.4) is 0 Å². The number of nitrogens with one attached hydrogen (secondary N) is 2. The lowest BCUT2D eigenvalue weighted by molar-refractivity contribution is -0.116. The maximum absolute atomic E-state index is 12.6. The topological polar surface area (TPSA) is 93.7 Å². The zero-order valence-electron chi connectivity index (χ0n) is 13.2. The number of sulfonamides is 1. The third-order valence-corrected chi connectivity index (χ3v) is 5.46. The van der Waals surface area contributed by atoms with E-state index in [9.17, 15) is 13.2 Å². The largest absolute Gasteiger partial charge is 0.486 e. The lowest BCUT2D eigenvalue weighted by atomic mass is 10.0. The van der Waals surface area contributed by atoms with Crippen LogP contribution in [0.2, 0.25) is 0 Å². The first-order chi connectivity index (χ1) is 12.0. The Balaban J connectivity index is 1.61. The zero-order chi connectivity index (χ0) is 17.4. The van der Waals surface area contributed by atoms with Gasteiger partial charge in [0.25, 0.3) is 10.0 Å². The summed E-state index contributed by atoms with van der Waals surface area (Å²) in [6.45, 7) is 0.826. The number of benzene rings is 2. The molecule has 0 bridgehead atoms. The minimum atomic E-state index is -3.79. The van der Waals surface area contributed by atoms with Gasteiger partial charge in [-0.25, -0.2) is 8.42 Å². The van der Waals surface area contributed by atoms with Crippen molar-refractivity contribution in [2.75, 3.05) is 23.3 Å². The number of ether oxygens (including phenoxy) is 2. The van der Waals surface area contributed by atoms with Gasteiger partial charge in [0.05, 0.1) is 10.6 Å². The van der Waals surface area contributed by atoms with Crippen LogP contribution in [0.25, 0.3) is 0 Å². The van der Waals surface area contributed by atoms with Gasteiger partial charge in [-0.15, -0.1) is 0 Å². The van der Waals surface area contributed by atoms with Crippen molar-refractivity contribution in [1.29, 1.82) is 0 Å². The highest BCUT2D eigenvalue weighted by Crippen LogP contribution is 2.33. The van der Waals surface area contributed by atoms with Crippen LogP contribution in [0.15, 0.2) is 41.3 Å². The lowest BCUT2D eigenvalue weighted by Gasteiger charge is -2.20. The summed E-state index contributed by atoms with van der Waals surface area (Å²) >= 11 is 0. The van der Waals surface area contributed by atoms with Gasteiger partial charge in [0.1, 0.15) is 13.2 Å². The molecule has 8 heteroatoms. The van der Waals surface area contributed by atoms with E-state index in [4.69, 9.17) is 9.47 Å². The average Bonchev–Trinajstić information content (AvgIpc) is 2.60. The predicted octanol–water partition coefficient (Wildman–Crippen LogP) is 2.14. The Labute approximate surface area is 145 Å². The van der Waals surface area contributed by atoms with Crippen molar-refractivity contribution >= 4 is 27.3 Å². The molecule has 2 aromatic rings. The Morgan fingerprint density at radius 2 is 1.76 bits per heavy atom. The highest BCUT2D eigenvalue weighted by Gasteiger charge is 2.21. The van der Waals surface area contributed by atoms with Crippen molar-refractivity contribution in [2.24, 2.45) is 0 Å². The monoisotopic (exact) mass is 360 g/mol. The van der Waals surface area contributed by atoms with E-state index in [0.29, 0.717) is 48.9 Å². The zero-order valence-corrected chi connectivity index (χ0v) is 14.1. The molecule has 0 spiro atoms. The molecule has 0 aromatic heterocycles. The summed E-state index contributed by atoms with van der Waals surface area (Å²) in [6, 6.07) is 9.62. The number of aryl methyl sites for hydroxylation is 1. The van der Waals surface area contributed by atoms with E-state index in [1.165, 1.54) is 12.1 Å². The second kappa shape index (κ2) is 5.96. The summed E-state index contributed by atoms with van der Waals surface area (Å²) in [4.78, 5) is 11.6. The van der Waals surface area contributed by atoms with E-state index in [-0.39, 0.29) is 10.8 Å². The van der Waals surface area contributed by atoms with Gasteiger partial charge < -0.3 is 14.8 Å². The minimum absolute atomic E-state index is 0.0701. The van der Waals surface area contributed by atoms with E-state index >= 15 is 0 Å². The van der Waals surface area contributed by atoms with Crippen LogP contribution >= 0.6 is 0 Å². The Morgan fingerprint density at radius 1 is 0.960 bits per heavy atom. The smallest absolute Gasteiger partial charge is 0.262 e. The molecular formula is C17H16N2O5S. The molecule has 0 saturated heterocycles. The molecule has 25 heavy (non-hydrogen) atoms. The highest BCUT2D eigenvalue weighted by molar-refractivity contribution is 7.92. The highest BCUT2D eigenvalue weighted by atomic mass is 32.2. The molecule has 0 aliphatic carbocycles. The van der Waals surface area contributed by atoms with E-state index in [1.807, 2.05) is 6.07 Å². The second-order valence-electron chi connectivity index (χ2n) is 5.83. The number of rotatable bonds is 3. The maximum Gasteiger partial charge on any atom is 0.262 e. The van der Waals surface area contributed by atoms with Crippen LogP contribution in [0.5, 0.6) is 11.5 Å². The van der Waals surface area contributed by atoms with Crippen LogP contribution in [0.4, 0.5) is 11.4 Å². The Kier molecular flexibility index (Phi) is 3.76. The van der Waals surface area contributed by atoms with E-state index in [1.54, 1.807) is 18.2 Å². The normalized spacial score (nSPS) is 15.9. The van der Waals surface area contributed by atoms with Crippen molar-refractivity contribution in [3.63, 3.8) is 0 Å². The van der Waals surface area contributed by atoms with Gasteiger partial charge in [0.2, 0.25) is 5.91 Å². The summed E-state index contributed by atoms with van der Waals surface area (Å²) in [5.41, 5.74) is 2.01. The summed E-state index contributed by atoms with van der Waals surface area (Å²) in [5, 5.41) is 2.76. The van der Waals surface area contributed by atoms with Gasteiger partial charge in [-0.1, -0.05) is 6.07 Å². The van der Waals surface area contributed by atoms with Gasteiger partial charge >= 0.3 is 0 Å². The number of carbonyl (C=O) groups is 1. The molecule has 0 unspecified atom stereocenters. The van der Waals surface area contributed by atoms with Crippen molar-refractivity contribution in [2.45, 2.75) is 17.7 Å². The van der Waals surface area contributed by atoms with Crippen molar-refractivity contribution in [1.82, 2.24) is 0 Å². The SMILES string of the molecule is O=C1CCc2ccc(NS(=O)(=O)c3ccc4c(c3)OCCO4)cc2N1. The molecule has 2 aliphatic heterocycles. The first kappa shape index (κ1) is 15.8. The van der Waals surface area contributed by atoms with Crippen molar-refractivity contribution < 1.29 is 22.7 Å². The predicted molar refractivity (Wildman–Crippen MR) is 91.6 cm³/mol. The lowest BCUT2D eigenvalue weighted by Crippen LogP contribution is -2.20. The number of fused-ring (bicyclic) bond motifs is 2. The second-order valence-corrected chi connectivity index (χ2v) is 7.51. The quantitative estimate of drug-likeness (QED) is 0.875. The minimum Gasteiger partial charge on any atom is -0.486 e. The molecule has 0 saturated carbocycles. The van der Waals surface area contributed by atoms with Crippen LogP contribution in [-0.2, 0) is 21.2 Å². The van der Waals surface area contributed by atoms with Crippen LogP contribution in [-0.4, -0.2) is 27.5 Å². The van der Waals surface area contributed by atoms with Gasteiger partial charge in [0, 0.05) is 18.2 Å². The molecule has 130 valence electrons. The van der Waals surface area contributed by atoms with E-state index in [2.05, 4.69) is 10.0 Å². The third kappa shape index (κ3) is 3.12. The van der Waals surface area contributed by atoms with E-state index < -0.39 is 10.0 Å². The number of carbonyl (C=O) groups excluding carboxylic acids is 1. The molecular weight excluding hydrogens is 344 g/mol. The molecule has 2 heterocycles. The third-order valence-electron chi connectivity index (χ3n) is 4.08. The van der Waals surface area contributed by atoms with Crippen LogP contribution < -0.4 is 19.5 Å². The van der Waals surface area contributed by atoms with Gasteiger partial charge in [-0.05, 0) is 36.2 Å². The number of hydrogen-bond acceptors (Lipinski definition) is 5. The standard InChI is InChI=1S/C17H16N2O5S/c20-17-6-2-11-1-3-12(9-14(11)18-17)19-25(21,22)13-4-5-15-16(10-13)24-8-7-23-15/h1,3-5,9-10,19H,2,6-8H2,(H,18,20). The molecule has 2 aliphatic rings. The molecule has 0 fully saturated rings.